The molecule has 0 saturated carbocycles. The van der Waals surface area contributed by atoms with E-state index in [1.165, 1.54) is 23.2 Å². The zero-order valence-corrected chi connectivity index (χ0v) is 15.3. The number of hydrogen-bond donors (Lipinski definition) is 0. The lowest BCUT2D eigenvalue weighted by Crippen LogP contribution is -2.37. The van der Waals surface area contributed by atoms with Gasteiger partial charge in [0.25, 0.3) is 5.91 Å². The molecule has 1 atom stereocenters. The molecule has 0 aliphatic carbocycles. The Morgan fingerprint density at radius 3 is 2.96 bits per heavy atom. The summed E-state index contributed by atoms with van der Waals surface area (Å²) in [4.78, 5) is 27.5. The highest BCUT2D eigenvalue weighted by atomic mass is 32.1. The van der Waals surface area contributed by atoms with Crippen molar-refractivity contribution in [2.24, 2.45) is 0 Å². The first-order valence-electron chi connectivity index (χ1n) is 8.19. The van der Waals surface area contributed by atoms with Crippen LogP contribution in [0.15, 0.2) is 30.3 Å². The highest BCUT2D eigenvalue weighted by Gasteiger charge is 2.26. The second kappa shape index (κ2) is 7.58. The quantitative estimate of drug-likeness (QED) is 0.755. The number of thiophene rings is 1. The van der Waals surface area contributed by atoms with Crippen molar-refractivity contribution in [3.63, 3.8) is 0 Å². The molecule has 1 aromatic carbocycles. The number of para-hydroxylation sites is 1. The SMILES string of the molecule is C[C@@H](OC(=O)c1cc2c(s1)-c1ccccc1OC2)C(=O)N(C)CCC#N. The molecule has 0 saturated heterocycles. The number of hydrogen-bond acceptors (Lipinski definition) is 6. The predicted octanol–water partition coefficient (Wildman–Crippen LogP) is 3.22. The standard InChI is InChI=1S/C19H18N2O4S/c1-12(18(22)21(2)9-5-8-20)25-19(23)16-10-13-11-24-15-7-4-3-6-14(15)17(13)26-16/h3-4,6-7,10,12H,5,9,11H2,1-2H3/t12-/m1/s1. The molecule has 0 unspecified atom stereocenters. The third-order valence-electron chi connectivity index (χ3n) is 4.09. The van der Waals surface area contributed by atoms with Crippen LogP contribution in [-0.2, 0) is 16.1 Å². The molecule has 2 aromatic rings. The molecule has 134 valence electrons. The minimum absolute atomic E-state index is 0.236. The number of carbonyl (C=O) groups is 2. The van der Waals surface area contributed by atoms with Gasteiger partial charge < -0.3 is 14.4 Å². The Balaban J connectivity index is 1.71. The topological polar surface area (TPSA) is 79.6 Å². The van der Waals surface area contributed by atoms with E-state index in [2.05, 4.69) is 0 Å². The van der Waals surface area contributed by atoms with Gasteiger partial charge in [-0.05, 0) is 25.1 Å². The number of carbonyl (C=O) groups excluding carboxylic acids is 2. The van der Waals surface area contributed by atoms with Gasteiger partial charge >= 0.3 is 5.97 Å². The summed E-state index contributed by atoms with van der Waals surface area (Å²) in [5, 5.41) is 8.60. The van der Waals surface area contributed by atoms with Gasteiger partial charge in [0.05, 0.1) is 12.5 Å². The molecule has 26 heavy (non-hydrogen) atoms. The number of amides is 1. The molecule has 3 rings (SSSR count). The molecule has 0 spiro atoms. The van der Waals surface area contributed by atoms with Gasteiger partial charge in [-0.25, -0.2) is 4.79 Å². The van der Waals surface area contributed by atoms with Crippen LogP contribution in [0.5, 0.6) is 5.75 Å². The van der Waals surface area contributed by atoms with Crippen LogP contribution < -0.4 is 4.74 Å². The van der Waals surface area contributed by atoms with Crippen molar-refractivity contribution < 1.29 is 19.1 Å². The van der Waals surface area contributed by atoms with Crippen LogP contribution in [0, 0.1) is 11.3 Å². The molecule has 1 amide bonds. The molecule has 1 aromatic heterocycles. The first-order valence-corrected chi connectivity index (χ1v) is 9.00. The molecular formula is C19H18N2O4S. The Morgan fingerprint density at radius 1 is 1.42 bits per heavy atom. The predicted molar refractivity (Wildman–Crippen MR) is 96.8 cm³/mol. The largest absolute Gasteiger partial charge is 0.488 e. The lowest BCUT2D eigenvalue weighted by molar-refractivity contribution is -0.138. The minimum atomic E-state index is -0.908. The van der Waals surface area contributed by atoms with E-state index in [1.54, 1.807) is 13.1 Å². The maximum absolute atomic E-state index is 12.5. The molecule has 1 aliphatic heterocycles. The van der Waals surface area contributed by atoms with E-state index in [1.807, 2.05) is 30.3 Å². The van der Waals surface area contributed by atoms with Crippen LogP contribution in [0.4, 0.5) is 0 Å². The van der Waals surface area contributed by atoms with Crippen molar-refractivity contribution in [3.8, 4) is 22.3 Å². The summed E-state index contributed by atoms with van der Waals surface area (Å²) >= 11 is 1.34. The van der Waals surface area contributed by atoms with Crippen LogP contribution in [0.3, 0.4) is 0 Å². The zero-order chi connectivity index (χ0) is 18.7. The van der Waals surface area contributed by atoms with Crippen LogP contribution in [0.1, 0.15) is 28.6 Å². The molecule has 0 radical (unpaired) electrons. The molecule has 2 heterocycles. The number of nitriles is 1. The lowest BCUT2D eigenvalue weighted by atomic mass is 10.1. The monoisotopic (exact) mass is 370 g/mol. The van der Waals surface area contributed by atoms with E-state index in [9.17, 15) is 9.59 Å². The van der Waals surface area contributed by atoms with Gasteiger partial charge in [-0.1, -0.05) is 12.1 Å². The Hall–Kier alpha value is -2.85. The highest BCUT2D eigenvalue weighted by Crippen LogP contribution is 2.42. The van der Waals surface area contributed by atoms with Gasteiger partial charge in [0.2, 0.25) is 0 Å². The number of rotatable bonds is 5. The summed E-state index contributed by atoms with van der Waals surface area (Å²) in [6, 6.07) is 11.4. The van der Waals surface area contributed by atoms with E-state index in [0.717, 1.165) is 21.8 Å². The van der Waals surface area contributed by atoms with Gasteiger partial charge in [-0.2, -0.15) is 5.26 Å². The van der Waals surface area contributed by atoms with Gasteiger partial charge in [0.1, 0.15) is 17.2 Å². The Bertz CT molecular complexity index is 884. The van der Waals surface area contributed by atoms with E-state index in [-0.39, 0.29) is 12.3 Å². The van der Waals surface area contributed by atoms with Crippen LogP contribution in [0.25, 0.3) is 10.4 Å². The van der Waals surface area contributed by atoms with Crippen molar-refractivity contribution >= 4 is 23.2 Å². The summed E-state index contributed by atoms with van der Waals surface area (Å²) in [5.74, 6) is -0.0653. The van der Waals surface area contributed by atoms with Gasteiger partial charge in [-0.15, -0.1) is 11.3 Å². The van der Waals surface area contributed by atoms with Crippen molar-refractivity contribution in [1.82, 2.24) is 4.90 Å². The van der Waals surface area contributed by atoms with E-state index < -0.39 is 12.1 Å². The Morgan fingerprint density at radius 2 is 2.19 bits per heavy atom. The second-order valence-corrected chi connectivity index (χ2v) is 7.02. The maximum Gasteiger partial charge on any atom is 0.349 e. The second-order valence-electron chi connectivity index (χ2n) is 5.97. The van der Waals surface area contributed by atoms with Gasteiger partial charge in [0.15, 0.2) is 6.10 Å². The van der Waals surface area contributed by atoms with Crippen LogP contribution in [0.2, 0.25) is 0 Å². The smallest absolute Gasteiger partial charge is 0.349 e. The van der Waals surface area contributed by atoms with Crippen molar-refractivity contribution in [2.45, 2.75) is 26.1 Å². The minimum Gasteiger partial charge on any atom is -0.488 e. The fourth-order valence-corrected chi connectivity index (χ4v) is 3.79. The molecule has 6 nitrogen and oxygen atoms in total. The first-order chi connectivity index (χ1) is 12.5. The average Bonchev–Trinajstić information content (AvgIpc) is 3.10. The third-order valence-corrected chi connectivity index (χ3v) is 5.28. The highest BCUT2D eigenvalue weighted by molar-refractivity contribution is 7.17. The number of nitrogens with zero attached hydrogens (tertiary/aromatic N) is 2. The van der Waals surface area contributed by atoms with Gasteiger partial charge in [0, 0.05) is 29.6 Å². The summed E-state index contributed by atoms with van der Waals surface area (Å²) in [5.41, 5.74) is 1.89. The van der Waals surface area contributed by atoms with Crippen molar-refractivity contribution in [3.05, 3.63) is 40.8 Å². The Kier molecular flexibility index (Phi) is 5.24. The summed E-state index contributed by atoms with van der Waals surface area (Å²) < 4.78 is 11.0. The van der Waals surface area contributed by atoms with Crippen LogP contribution >= 0.6 is 11.3 Å². The van der Waals surface area contributed by atoms with Crippen molar-refractivity contribution in [1.29, 1.82) is 5.26 Å². The number of ether oxygens (including phenoxy) is 2. The molecule has 7 heteroatoms. The molecule has 0 bridgehead atoms. The number of likely N-dealkylation sites (N-methyl/N-ethyl adjacent to an activating group) is 1. The maximum atomic E-state index is 12.5. The first kappa shape index (κ1) is 18.0. The third kappa shape index (κ3) is 3.55. The molecule has 0 fully saturated rings. The van der Waals surface area contributed by atoms with Crippen LogP contribution in [-0.4, -0.2) is 36.5 Å². The normalized spacial score (nSPS) is 12.8. The zero-order valence-electron chi connectivity index (χ0n) is 14.5. The molecule has 1 aliphatic rings. The Labute approximate surface area is 155 Å². The van der Waals surface area contributed by atoms with Gasteiger partial charge in [-0.3, -0.25) is 4.79 Å². The summed E-state index contributed by atoms with van der Waals surface area (Å²) in [6.45, 7) is 2.25. The number of fused-ring (bicyclic) bond motifs is 3. The van der Waals surface area contributed by atoms with Crippen molar-refractivity contribution in [2.75, 3.05) is 13.6 Å². The summed E-state index contributed by atoms with van der Waals surface area (Å²) in [6.07, 6.45) is -0.672. The molecular weight excluding hydrogens is 352 g/mol. The number of esters is 1. The lowest BCUT2D eigenvalue weighted by Gasteiger charge is -2.20. The number of benzene rings is 1. The van der Waals surface area contributed by atoms with E-state index >= 15 is 0 Å². The van der Waals surface area contributed by atoms with E-state index in [4.69, 9.17) is 14.7 Å². The van der Waals surface area contributed by atoms with E-state index in [0.29, 0.717) is 18.0 Å². The summed E-state index contributed by atoms with van der Waals surface area (Å²) in [7, 11) is 1.59. The fourth-order valence-electron chi connectivity index (χ4n) is 2.71. The molecule has 0 N–H and O–H groups in total. The fraction of sp³-hybridized carbons (Fsp3) is 0.316. The average molecular weight is 370 g/mol.